The molecule has 1 aliphatic carbocycles. The third kappa shape index (κ3) is 2.70. The topological polar surface area (TPSA) is 38.1 Å². The first-order valence-electron chi connectivity index (χ1n) is 7.48. The fourth-order valence-electron chi connectivity index (χ4n) is 3.39. The number of rotatable bonds is 3. The maximum atomic E-state index is 5.46. The van der Waals surface area contributed by atoms with E-state index >= 15 is 0 Å². The standard InChI is InChI=1S/C16H20N2O.ClH/c1-2-4-15-14(3-1)16(18-19-15)12-7-8-17-13(10-12)9-11-5-6-11;/h1-4,11-13,17H,5-10H2;1H. The van der Waals surface area contributed by atoms with Gasteiger partial charge in [-0.2, -0.15) is 0 Å². The van der Waals surface area contributed by atoms with Gasteiger partial charge in [0.05, 0.1) is 5.69 Å². The maximum Gasteiger partial charge on any atom is 0.167 e. The minimum Gasteiger partial charge on any atom is -0.356 e. The molecule has 2 atom stereocenters. The van der Waals surface area contributed by atoms with Crippen molar-refractivity contribution in [3.05, 3.63) is 30.0 Å². The highest BCUT2D eigenvalue weighted by Crippen LogP contribution is 2.38. The molecule has 1 aromatic heterocycles. The van der Waals surface area contributed by atoms with E-state index in [0.717, 1.165) is 18.0 Å². The van der Waals surface area contributed by atoms with Crippen LogP contribution in [0.15, 0.2) is 28.8 Å². The Kier molecular flexibility index (Phi) is 3.99. The normalized spacial score (nSPS) is 26.4. The Morgan fingerprint density at radius 2 is 2.05 bits per heavy atom. The summed E-state index contributed by atoms with van der Waals surface area (Å²) in [6.45, 7) is 1.11. The average molecular weight is 293 g/mol. The van der Waals surface area contributed by atoms with Gasteiger partial charge in [0.1, 0.15) is 0 Å². The van der Waals surface area contributed by atoms with Gasteiger partial charge in [-0.1, -0.05) is 30.1 Å². The van der Waals surface area contributed by atoms with Crippen LogP contribution in [0.3, 0.4) is 0 Å². The lowest BCUT2D eigenvalue weighted by Gasteiger charge is -2.29. The number of nitrogens with one attached hydrogen (secondary N) is 1. The lowest BCUT2D eigenvalue weighted by Crippen LogP contribution is -2.37. The molecular formula is C16H21ClN2O. The smallest absolute Gasteiger partial charge is 0.167 e. The van der Waals surface area contributed by atoms with E-state index in [2.05, 4.69) is 22.6 Å². The highest BCUT2D eigenvalue weighted by molar-refractivity contribution is 5.85. The highest BCUT2D eigenvalue weighted by Gasteiger charge is 2.31. The summed E-state index contributed by atoms with van der Waals surface area (Å²) in [5.41, 5.74) is 2.10. The van der Waals surface area contributed by atoms with Gasteiger partial charge in [-0.15, -0.1) is 12.4 Å². The van der Waals surface area contributed by atoms with Gasteiger partial charge >= 0.3 is 0 Å². The number of nitrogens with zero attached hydrogens (tertiary/aromatic N) is 1. The van der Waals surface area contributed by atoms with Crippen molar-refractivity contribution >= 4 is 23.4 Å². The van der Waals surface area contributed by atoms with E-state index in [9.17, 15) is 0 Å². The summed E-state index contributed by atoms with van der Waals surface area (Å²) >= 11 is 0. The Morgan fingerprint density at radius 1 is 1.20 bits per heavy atom. The molecule has 0 bridgehead atoms. The second kappa shape index (κ2) is 5.74. The number of halogens is 1. The molecule has 20 heavy (non-hydrogen) atoms. The van der Waals surface area contributed by atoms with Crippen LogP contribution in [0.2, 0.25) is 0 Å². The molecule has 1 aliphatic heterocycles. The summed E-state index contributed by atoms with van der Waals surface area (Å²) in [4.78, 5) is 0. The van der Waals surface area contributed by atoms with E-state index in [1.165, 1.54) is 43.2 Å². The summed E-state index contributed by atoms with van der Waals surface area (Å²) in [5.74, 6) is 1.55. The van der Waals surface area contributed by atoms with Crippen molar-refractivity contribution in [3.63, 3.8) is 0 Å². The quantitative estimate of drug-likeness (QED) is 0.933. The minimum atomic E-state index is 0. The van der Waals surface area contributed by atoms with Crippen molar-refractivity contribution in [2.24, 2.45) is 5.92 Å². The van der Waals surface area contributed by atoms with Crippen molar-refractivity contribution in [1.29, 1.82) is 0 Å². The van der Waals surface area contributed by atoms with E-state index in [1.54, 1.807) is 0 Å². The van der Waals surface area contributed by atoms with Gasteiger partial charge in [-0.05, 0) is 43.9 Å². The van der Waals surface area contributed by atoms with Gasteiger partial charge in [0.2, 0.25) is 0 Å². The van der Waals surface area contributed by atoms with Crippen molar-refractivity contribution in [2.75, 3.05) is 6.54 Å². The second-order valence-electron chi connectivity index (χ2n) is 6.12. The fraction of sp³-hybridized carbons (Fsp3) is 0.562. The van der Waals surface area contributed by atoms with Gasteiger partial charge in [0.15, 0.2) is 5.58 Å². The number of hydrogen-bond donors (Lipinski definition) is 1. The molecule has 1 N–H and O–H groups in total. The maximum absolute atomic E-state index is 5.46. The van der Waals surface area contributed by atoms with Gasteiger partial charge in [0.25, 0.3) is 0 Å². The van der Waals surface area contributed by atoms with E-state index in [-0.39, 0.29) is 12.4 Å². The predicted octanol–water partition coefficient (Wildman–Crippen LogP) is 3.89. The fourth-order valence-corrected chi connectivity index (χ4v) is 3.39. The van der Waals surface area contributed by atoms with Gasteiger partial charge in [0, 0.05) is 17.3 Å². The molecule has 3 nitrogen and oxygen atoms in total. The minimum absolute atomic E-state index is 0. The number of hydrogen-bond acceptors (Lipinski definition) is 3. The molecular weight excluding hydrogens is 272 g/mol. The molecule has 1 saturated carbocycles. The molecule has 2 unspecified atom stereocenters. The zero-order chi connectivity index (χ0) is 12.7. The monoisotopic (exact) mass is 292 g/mol. The van der Waals surface area contributed by atoms with Gasteiger partial charge in [-0.3, -0.25) is 0 Å². The number of fused-ring (bicyclic) bond motifs is 1. The van der Waals surface area contributed by atoms with Crippen molar-refractivity contribution < 1.29 is 4.52 Å². The third-order valence-corrected chi connectivity index (χ3v) is 4.60. The zero-order valence-corrected chi connectivity index (χ0v) is 12.4. The Balaban J connectivity index is 0.00000121. The summed E-state index contributed by atoms with van der Waals surface area (Å²) in [5, 5.41) is 9.23. The van der Waals surface area contributed by atoms with Crippen molar-refractivity contribution in [2.45, 2.75) is 44.1 Å². The number of piperidine rings is 1. The molecule has 2 heterocycles. The van der Waals surface area contributed by atoms with E-state index < -0.39 is 0 Å². The van der Waals surface area contributed by atoms with Crippen LogP contribution in [0.4, 0.5) is 0 Å². The molecule has 0 spiro atoms. The Morgan fingerprint density at radius 3 is 2.90 bits per heavy atom. The Labute approximate surface area is 125 Å². The molecule has 1 aromatic carbocycles. The zero-order valence-electron chi connectivity index (χ0n) is 11.5. The first-order chi connectivity index (χ1) is 9.40. The number of aromatic nitrogens is 1. The summed E-state index contributed by atoms with van der Waals surface area (Å²) in [6.07, 6.45) is 6.63. The molecule has 108 valence electrons. The van der Waals surface area contributed by atoms with Crippen LogP contribution in [0, 0.1) is 5.92 Å². The average Bonchev–Trinajstić information content (AvgIpc) is 3.16. The Bertz CT molecular complexity index is 579. The van der Waals surface area contributed by atoms with Crippen LogP contribution in [0.1, 0.15) is 43.7 Å². The number of para-hydroxylation sites is 1. The molecule has 0 amide bonds. The summed E-state index contributed by atoms with van der Waals surface area (Å²) in [7, 11) is 0. The third-order valence-electron chi connectivity index (χ3n) is 4.60. The molecule has 2 aromatic rings. The highest BCUT2D eigenvalue weighted by atomic mass is 35.5. The lowest BCUT2D eigenvalue weighted by molar-refractivity contribution is 0.324. The number of benzene rings is 1. The SMILES string of the molecule is Cl.c1ccc2c(C3CCNC(CC4CC4)C3)noc2c1. The van der Waals surface area contributed by atoms with E-state index in [0.29, 0.717) is 12.0 Å². The second-order valence-corrected chi connectivity index (χ2v) is 6.12. The predicted molar refractivity (Wildman–Crippen MR) is 82.4 cm³/mol. The molecule has 2 fully saturated rings. The summed E-state index contributed by atoms with van der Waals surface area (Å²) < 4.78 is 5.46. The van der Waals surface area contributed by atoms with Crippen LogP contribution >= 0.6 is 12.4 Å². The molecule has 0 radical (unpaired) electrons. The van der Waals surface area contributed by atoms with E-state index in [1.807, 2.05) is 12.1 Å². The van der Waals surface area contributed by atoms with Crippen molar-refractivity contribution in [3.8, 4) is 0 Å². The van der Waals surface area contributed by atoms with Crippen LogP contribution < -0.4 is 5.32 Å². The van der Waals surface area contributed by atoms with Crippen LogP contribution in [0.25, 0.3) is 11.0 Å². The van der Waals surface area contributed by atoms with Gasteiger partial charge < -0.3 is 9.84 Å². The van der Waals surface area contributed by atoms with Crippen LogP contribution in [-0.2, 0) is 0 Å². The van der Waals surface area contributed by atoms with E-state index in [4.69, 9.17) is 4.52 Å². The van der Waals surface area contributed by atoms with Crippen LogP contribution in [0.5, 0.6) is 0 Å². The molecule has 1 saturated heterocycles. The largest absolute Gasteiger partial charge is 0.356 e. The first kappa shape index (κ1) is 13.9. The van der Waals surface area contributed by atoms with Crippen molar-refractivity contribution in [1.82, 2.24) is 10.5 Å². The lowest BCUT2D eigenvalue weighted by atomic mass is 9.86. The molecule has 2 aliphatic rings. The van der Waals surface area contributed by atoms with Gasteiger partial charge in [-0.25, -0.2) is 0 Å². The molecule has 4 rings (SSSR count). The summed E-state index contributed by atoms with van der Waals surface area (Å²) in [6, 6.07) is 8.91. The molecule has 4 heteroatoms. The Hall–Kier alpha value is -1.06. The van der Waals surface area contributed by atoms with Crippen LogP contribution in [-0.4, -0.2) is 17.7 Å². The first-order valence-corrected chi connectivity index (χ1v) is 7.48.